The maximum atomic E-state index is 13.1. The van der Waals surface area contributed by atoms with Crippen molar-refractivity contribution in [3.8, 4) is 11.5 Å². The Bertz CT molecular complexity index is 867. The van der Waals surface area contributed by atoms with E-state index in [4.69, 9.17) is 14.2 Å². The number of carbonyl (C=O) groups excluding carboxylic acids is 2. The summed E-state index contributed by atoms with van der Waals surface area (Å²) in [6, 6.07) is 14.9. The molecule has 0 N–H and O–H groups in total. The van der Waals surface area contributed by atoms with E-state index < -0.39 is 0 Å². The molecule has 0 unspecified atom stereocenters. The van der Waals surface area contributed by atoms with Gasteiger partial charge in [-0.25, -0.2) is 0 Å². The van der Waals surface area contributed by atoms with Crippen molar-refractivity contribution in [1.82, 2.24) is 0 Å². The van der Waals surface area contributed by atoms with E-state index >= 15 is 0 Å². The zero-order valence-corrected chi connectivity index (χ0v) is 16.8. The van der Waals surface area contributed by atoms with Gasteiger partial charge in [0.2, 0.25) is 0 Å². The summed E-state index contributed by atoms with van der Waals surface area (Å²) in [6.07, 6.45) is 4.12. The third-order valence-electron chi connectivity index (χ3n) is 4.72. The SMILES string of the molecule is COc1ccc(/C=C2\CC(OC(C)=O)C/C(=C\c3ccc(OC)cc3)C2=O)cc1. The molecule has 0 heterocycles. The Morgan fingerprint density at radius 2 is 1.24 bits per heavy atom. The van der Waals surface area contributed by atoms with E-state index in [-0.39, 0.29) is 17.9 Å². The largest absolute Gasteiger partial charge is 0.497 e. The molecule has 150 valence electrons. The van der Waals surface area contributed by atoms with Crippen molar-refractivity contribution in [2.24, 2.45) is 0 Å². The number of ketones is 1. The summed E-state index contributed by atoms with van der Waals surface area (Å²) in [5.74, 6) is 1.12. The molecule has 1 aliphatic rings. The van der Waals surface area contributed by atoms with Gasteiger partial charge < -0.3 is 14.2 Å². The molecule has 0 spiro atoms. The van der Waals surface area contributed by atoms with Crippen LogP contribution in [0, 0.1) is 0 Å². The molecule has 1 saturated carbocycles. The minimum Gasteiger partial charge on any atom is -0.497 e. The van der Waals surface area contributed by atoms with Crippen LogP contribution in [0.5, 0.6) is 11.5 Å². The third kappa shape index (κ3) is 5.35. The molecule has 1 fully saturated rings. The minimum absolute atomic E-state index is 0.0277. The topological polar surface area (TPSA) is 61.8 Å². The lowest BCUT2D eigenvalue weighted by Crippen LogP contribution is -2.27. The molecule has 0 saturated heterocycles. The summed E-state index contributed by atoms with van der Waals surface area (Å²) in [5.41, 5.74) is 3.02. The predicted molar refractivity (Wildman–Crippen MR) is 112 cm³/mol. The minimum atomic E-state index is -0.362. The Hall–Kier alpha value is -3.34. The number of esters is 1. The van der Waals surface area contributed by atoms with Crippen LogP contribution < -0.4 is 9.47 Å². The molecule has 0 aliphatic heterocycles. The number of hydrogen-bond acceptors (Lipinski definition) is 5. The molecular weight excluding hydrogens is 368 g/mol. The highest BCUT2D eigenvalue weighted by Crippen LogP contribution is 2.31. The van der Waals surface area contributed by atoms with Crippen molar-refractivity contribution in [3.63, 3.8) is 0 Å². The van der Waals surface area contributed by atoms with E-state index in [0.29, 0.717) is 24.0 Å². The van der Waals surface area contributed by atoms with Crippen LogP contribution in [0.2, 0.25) is 0 Å². The van der Waals surface area contributed by atoms with Crippen LogP contribution in [0.4, 0.5) is 0 Å². The molecular formula is C24H24O5. The van der Waals surface area contributed by atoms with Crippen LogP contribution in [0.15, 0.2) is 59.7 Å². The van der Waals surface area contributed by atoms with Gasteiger partial charge in [0.1, 0.15) is 17.6 Å². The van der Waals surface area contributed by atoms with Gasteiger partial charge in [0.05, 0.1) is 14.2 Å². The van der Waals surface area contributed by atoms with Crippen LogP contribution in [-0.4, -0.2) is 32.1 Å². The molecule has 0 atom stereocenters. The molecule has 0 aromatic heterocycles. The van der Waals surface area contributed by atoms with Gasteiger partial charge in [-0.05, 0) is 47.5 Å². The first-order valence-electron chi connectivity index (χ1n) is 9.39. The smallest absolute Gasteiger partial charge is 0.302 e. The number of ether oxygens (including phenoxy) is 3. The molecule has 5 heteroatoms. The second-order valence-electron chi connectivity index (χ2n) is 6.85. The lowest BCUT2D eigenvalue weighted by atomic mass is 9.85. The van der Waals surface area contributed by atoms with E-state index in [1.807, 2.05) is 60.7 Å². The van der Waals surface area contributed by atoms with E-state index in [9.17, 15) is 9.59 Å². The van der Waals surface area contributed by atoms with Crippen molar-refractivity contribution >= 4 is 23.9 Å². The Morgan fingerprint density at radius 1 is 0.828 bits per heavy atom. The first-order valence-corrected chi connectivity index (χ1v) is 9.39. The van der Waals surface area contributed by atoms with E-state index in [1.54, 1.807) is 14.2 Å². The molecule has 0 bridgehead atoms. The van der Waals surface area contributed by atoms with E-state index in [0.717, 1.165) is 22.6 Å². The van der Waals surface area contributed by atoms with Crippen LogP contribution in [0.3, 0.4) is 0 Å². The number of hydrogen-bond donors (Lipinski definition) is 0. The summed E-state index contributed by atoms with van der Waals surface area (Å²) in [5, 5.41) is 0. The van der Waals surface area contributed by atoms with Crippen LogP contribution in [-0.2, 0) is 14.3 Å². The van der Waals surface area contributed by atoms with Crippen LogP contribution in [0.1, 0.15) is 30.9 Å². The quantitative estimate of drug-likeness (QED) is 0.555. The maximum absolute atomic E-state index is 13.1. The first-order chi connectivity index (χ1) is 14.0. The fraction of sp³-hybridized carbons (Fsp3) is 0.250. The van der Waals surface area contributed by atoms with Gasteiger partial charge in [-0.15, -0.1) is 0 Å². The highest BCUT2D eigenvalue weighted by Gasteiger charge is 2.29. The number of methoxy groups -OCH3 is 2. The van der Waals surface area contributed by atoms with Gasteiger partial charge >= 0.3 is 5.97 Å². The first kappa shape index (κ1) is 20.4. The maximum Gasteiger partial charge on any atom is 0.302 e. The van der Waals surface area contributed by atoms with Gasteiger partial charge in [-0.1, -0.05) is 24.3 Å². The molecule has 0 amide bonds. The summed E-state index contributed by atoms with van der Waals surface area (Å²) in [6.45, 7) is 1.39. The average molecular weight is 392 g/mol. The molecule has 5 nitrogen and oxygen atoms in total. The lowest BCUT2D eigenvalue weighted by Gasteiger charge is -2.25. The summed E-state index contributed by atoms with van der Waals surface area (Å²) in [7, 11) is 3.22. The fourth-order valence-corrected chi connectivity index (χ4v) is 3.32. The second-order valence-corrected chi connectivity index (χ2v) is 6.85. The lowest BCUT2D eigenvalue weighted by molar-refractivity contribution is -0.147. The normalized spacial score (nSPS) is 19.3. The van der Waals surface area contributed by atoms with Crippen molar-refractivity contribution in [3.05, 3.63) is 70.8 Å². The van der Waals surface area contributed by atoms with Gasteiger partial charge in [-0.2, -0.15) is 0 Å². The predicted octanol–water partition coefficient (Wildman–Crippen LogP) is 4.47. The fourth-order valence-electron chi connectivity index (χ4n) is 3.32. The van der Waals surface area contributed by atoms with Gasteiger partial charge in [0.15, 0.2) is 5.78 Å². The van der Waals surface area contributed by atoms with E-state index in [2.05, 4.69) is 0 Å². The van der Waals surface area contributed by atoms with Crippen molar-refractivity contribution < 1.29 is 23.8 Å². The zero-order valence-electron chi connectivity index (χ0n) is 16.8. The van der Waals surface area contributed by atoms with Crippen LogP contribution >= 0.6 is 0 Å². The highest BCUT2D eigenvalue weighted by atomic mass is 16.5. The Balaban J connectivity index is 1.92. The second kappa shape index (κ2) is 9.24. The summed E-state index contributed by atoms with van der Waals surface area (Å²) >= 11 is 0. The molecule has 2 aromatic carbocycles. The van der Waals surface area contributed by atoms with Crippen molar-refractivity contribution in [2.45, 2.75) is 25.9 Å². The van der Waals surface area contributed by atoms with E-state index in [1.165, 1.54) is 6.92 Å². The van der Waals surface area contributed by atoms with Crippen molar-refractivity contribution in [2.75, 3.05) is 14.2 Å². The number of benzene rings is 2. The molecule has 2 aromatic rings. The summed E-state index contributed by atoms with van der Waals surface area (Å²) < 4.78 is 15.8. The van der Waals surface area contributed by atoms with Gasteiger partial charge in [0.25, 0.3) is 0 Å². The Labute approximate surface area is 170 Å². The molecule has 0 radical (unpaired) electrons. The number of rotatable bonds is 5. The van der Waals surface area contributed by atoms with Crippen molar-refractivity contribution in [1.29, 1.82) is 0 Å². The molecule has 3 rings (SSSR count). The van der Waals surface area contributed by atoms with Crippen LogP contribution in [0.25, 0.3) is 12.2 Å². The Kier molecular flexibility index (Phi) is 6.50. The number of Topliss-reactive ketones (excluding diaryl/α,β-unsaturated/α-hetero) is 1. The third-order valence-corrected chi connectivity index (χ3v) is 4.72. The zero-order chi connectivity index (χ0) is 20.8. The Morgan fingerprint density at radius 3 is 1.59 bits per heavy atom. The monoisotopic (exact) mass is 392 g/mol. The highest BCUT2D eigenvalue weighted by molar-refractivity contribution is 6.14. The van der Waals surface area contributed by atoms with Gasteiger partial charge in [-0.3, -0.25) is 9.59 Å². The molecule has 1 aliphatic carbocycles. The number of carbonyl (C=O) groups is 2. The van der Waals surface area contributed by atoms with Gasteiger partial charge in [0, 0.05) is 30.9 Å². The average Bonchev–Trinajstić information content (AvgIpc) is 2.72. The molecule has 29 heavy (non-hydrogen) atoms. The standard InChI is InChI=1S/C24H24O5/c1-16(25)29-23-14-19(12-17-4-8-21(27-2)9-5-17)24(26)20(15-23)13-18-6-10-22(28-3)11-7-18/h4-13,23H,14-15H2,1-3H3/b19-12+,20-13+. The summed E-state index contributed by atoms with van der Waals surface area (Å²) in [4.78, 5) is 24.6.